The van der Waals surface area contributed by atoms with E-state index in [1.165, 1.54) is 64.2 Å². The number of hydrogen-bond acceptors (Lipinski definition) is 2. The number of carbonyl (C=O) groups is 1. The van der Waals surface area contributed by atoms with Crippen LogP contribution in [0.4, 0.5) is 0 Å². The predicted octanol–water partition coefficient (Wildman–Crippen LogP) is 3.46. The van der Waals surface area contributed by atoms with Crippen LogP contribution in [0.5, 0.6) is 0 Å². The van der Waals surface area contributed by atoms with E-state index >= 15 is 0 Å². The summed E-state index contributed by atoms with van der Waals surface area (Å²) in [5.41, 5.74) is 6.18. The monoisotopic (exact) mass is 280 g/mol. The highest BCUT2D eigenvalue weighted by Gasteiger charge is 2.35. The van der Waals surface area contributed by atoms with Crippen molar-refractivity contribution >= 4 is 5.91 Å². The Morgan fingerprint density at radius 3 is 1.65 bits per heavy atom. The molecule has 3 nitrogen and oxygen atoms in total. The van der Waals surface area contributed by atoms with Gasteiger partial charge >= 0.3 is 0 Å². The molecule has 0 aromatic heterocycles. The van der Waals surface area contributed by atoms with E-state index in [9.17, 15) is 4.79 Å². The molecule has 0 aliphatic heterocycles. The van der Waals surface area contributed by atoms with Crippen LogP contribution < -0.4 is 5.73 Å². The summed E-state index contributed by atoms with van der Waals surface area (Å²) in [5, 5.41) is 0. The van der Waals surface area contributed by atoms with Gasteiger partial charge in [-0.05, 0) is 31.6 Å². The molecule has 0 saturated heterocycles. The molecular formula is C17H32N2O. The van der Waals surface area contributed by atoms with Crippen molar-refractivity contribution in [2.75, 3.05) is 0 Å². The van der Waals surface area contributed by atoms with Gasteiger partial charge in [0.1, 0.15) is 0 Å². The normalized spacial score (nSPS) is 23.8. The van der Waals surface area contributed by atoms with Crippen LogP contribution in [0.2, 0.25) is 0 Å². The number of hydrogen-bond donors (Lipinski definition) is 1. The van der Waals surface area contributed by atoms with Gasteiger partial charge in [0, 0.05) is 12.1 Å². The standard InChI is InChI=1S/C17H32N2O/c1-13(2)16(18)17(20)19(14-9-5-3-6-10-14)15-11-7-4-8-12-15/h13-16H,3-12,18H2,1-2H3/t16-/m0/s1. The summed E-state index contributed by atoms with van der Waals surface area (Å²) in [4.78, 5) is 15.1. The third-order valence-corrected chi connectivity index (χ3v) is 5.19. The molecule has 0 spiro atoms. The second-order valence-corrected chi connectivity index (χ2v) is 7.10. The van der Waals surface area contributed by atoms with Crippen molar-refractivity contribution in [1.29, 1.82) is 0 Å². The SMILES string of the molecule is CC(C)[C@H](N)C(=O)N(C1CCCCC1)C1CCCCC1. The fourth-order valence-electron chi connectivity index (χ4n) is 3.83. The molecule has 2 saturated carbocycles. The van der Waals surface area contributed by atoms with E-state index in [2.05, 4.69) is 18.7 Å². The second-order valence-electron chi connectivity index (χ2n) is 7.10. The predicted molar refractivity (Wildman–Crippen MR) is 83.4 cm³/mol. The first-order valence-corrected chi connectivity index (χ1v) is 8.69. The van der Waals surface area contributed by atoms with Crippen molar-refractivity contribution in [3.63, 3.8) is 0 Å². The Balaban J connectivity index is 2.11. The Hall–Kier alpha value is -0.570. The van der Waals surface area contributed by atoms with E-state index in [1.54, 1.807) is 0 Å². The van der Waals surface area contributed by atoms with Crippen molar-refractivity contribution in [1.82, 2.24) is 4.90 Å². The van der Waals surface area contributed by atoms with Gasteiger partial charge in [-0.15, -0.1) is 0 Å². The van der Waals surface area contributed by atoms with Crippen LogP contribution in [0.3, 0.4) is 0 Å². The third kappa shape index (κ3) is 3.75. The maximum Gasteiger partial charge on any atom is 0.240 e. The molecule has 0 bridgehead atoms. The summed E-state index contributed by atoms with van der Waals surface area (Å²) < 4.78 is 0. The van der Waals surface area contributed by atoms with E-state index in [-0.39, 0.29) is 17.9 Å². The molecule has 0 unspecified atom stereocenters. The first-order chi connectivity index (χ1) is 9.61. The maximum atomic E-state index is 12.9. The Morgan fingerprint density at radius 1 is 0.900 bits per heavy atom. The number of rotatable bonds is 4. The molecule has 2 fully saturated rings. The van der Waals surface area contributed by atoms with E-state index in [0.29, 0.717) is 12.1 Å². The molecule has 2 aliphatic carbocycles. The van der Waals surface area contributed by atoms with Gasteiger partial charge in [-0.2, -0.15) is 0 Å². The molecular weight excluding hydrogens is 248 g/mol. The van der Waals surface area contributed by atoms with Gasteiger partial charge in [-0.1, -0.05) is 52.4 Å². The fourth-order valence-corrected chi connectivity index (χ4v) is 3.83. The summed E-state index contributed by atoms with van der Waals surface area (Å²) in [5.74, 6) is 0.455. The molecule has 0 radical (unpaired) electrons. The van der Waals surface area contributed by atoms with Gasteiger partial charge in [0.05, 0.1) is 6.04 Å². The number of nitrogens with two attached hydrogens (primary N) is 1. The lowest BCUT2D eigenvalue weighted by Crippen LogP contribution is -2.55. The molecule has 116 valence electrons. The zero-order valence-corrected chi connectivity index (χ0v) is 13.3. The largest absolute Gasteiger partial charge is 0.335 e. The smallest absolute Gasteiger partial charge is 0.240 e. The van der Waals surface area contributed by atoms with E-state index in [4.69, 9.17) is 5.73 Å². The molecule has 20 heavy (non-hydrogen) atoms. The Bertz CT molecular complexity index is 286. The van der Waals surface area contributed by atoms with Crippen molar-refractivity contribution in [3.8, 4) is 0 Å². The van der Waals surface area contributed by atoms with Crippen LogP contribution >= 0.6 is 0 Å². The zero-order valence-electron chi connectivity index (χ0n) is 13.3. The Morgan fingerprint density at radius 2 is 1.30 bits per heavy atom. The van der Waals surface area contributed by atoms with Crippen LogP contribution in [0.1, 0.15) is 78.1 Å². The van der Waals surface area contributed by atoms with Gasteiger partial charge in [-0.3, -0.25) is 4.79 Å². The number of carbonyl (C=O) groups excluding carboxylic acids is 1. The minimum atomic E-state index is -0.321. The minimum absolute atomic E-state index is 0.221. The van der Waals surface area contributed by atoms with Crippen LogP contribution in [0.15, 0.2) is 0 Å². The van der Waals surface area contributed by atoms with Crippen LogP contribution in [0.25, 0.3) is 0 Å². The highest BCUT2D eigenvalue weighted by atomic mass is 16.2. The van der Waals surface area contributed by atoms with Gasteiger partial charge in [0.2, 0.25) is 5.91 Å². The molecule has 3 heteroatoms. The molecule has 1 amide bonds. The lowest BCUT2D eigenvalue weighted by molar-refractivity contribution is -0.140. The average Bonchev–Trinajstić information content (AvgIpc) is 2.48. The lowest BCUT2D eigenvalue weighted by atomic mass is 9.87. The Labute approximate surface area is 124 Å². The quantitative estimate of drug-likeness (QED) is 0.857. The van der Waals surface area contributed by atoms with E-state index in [0.717, 1.165) is 0 Å². The summed E-state index contributed by atoms with van der Waals surface area (Å²) in [6.45, 7) is 4.12. The fraction of sp³-hybridized carbons (Fsp3) is 0.941. The average molecular weight is 280 g/mol. The van der Waals surface area contributed by atoms with E-state index < -0.39 is 0 Å². The van der Waals surface area contributed by atoms with Crippen LogP contribution in [-0.2, 0) is 4.79 Å². The lowest BCUT2D eigenvalue weighted by Gasteiger charge is -2.43. The van der Waals surface area contributed by atoms with Gasteiger partial charge < -0.3 is 10.6 Å². The molecule has 1 atom stereocenters. The third-order valence-electron chi connectivity index (χ3n) is 5.19. The van der Waals surface area contributed by atoms with Crippen molar-refractivity contribution in [3.05, 3.63) is 0 Å². The number of amides is 1. The van der Waals surface area contributed by atoms with Crippen LogP contribution in [0, 0.1) is 5.92 Å². The summed E-state index contributed by atoms with van der Waals surface area (Å²) in [6.07, 6.45) is 12.5. The van der Waals surface area contributed by atoms with Gasteiger partial charge in [0.25, 0.3) is 0 Å². The molecule has 2 N–H and O–H groups in total. The van der Waals surface area contributed by atoms with Crippen molar-refractivity contribution in [2.45, 2.75) is 96.2 Å². The number of nitrogens with zero attached hydrogens (tertiary/aromatic N) is 1. The topological polar surface area (TPSA) is 46.3 Å². The highest BCUT2D eigenvalue weighted by molar-refractivity contribution is 5.82. The summed E-state index contributed by atoms with van der Waals surface area (Å²) >= 11 is 0. The van der Waals surface area contributed by atoms with Crippen molar-refractivity contribution < 1.29 is 4.79 Å². The Kier molecular flexibility index (Phi) is 5.88. The first kappa shape index (κ1) is 15.8. The van der Waals surface area contributed by atoms with Crippen LogP contribution in [-0.4, -0.2) is 28.9 Å². The summed E-state index contributed by atoms with van der Waals surface area (Å²) in [6, 6.07) is 0.604. The molecule has 2 rings (SSSR count). The second kappa shape index (κ2) is 7.44. The van der Waals surface area contributed by atoms with Crippen molar-refractivity contribution in [2.24, 2.45) is 11.7 Å². The van der Waals surface area contributed by atoms with Gasteiger partial charge in [0.15, 0.2) is 0 Å². The molecule has 0 heterocycles. The molecule has 2 aliphatic rings. The summed E-state index contributed by atoms with van der Waals surface area (Å²) in [7, 11) is 0. The van der Waals surface area contributed by atoms with Gasteiger partial charge in [-0.25, -0.2) is 0 Å². The minimum Gasteiger partial charge on any atom is -0.335 e. The zero-order chi connectivity index (χ0) is 14.5. The first-order valence-electron chi connectivity index (χ1n) is 8.69. The van der Waals surface area contributed by atoms with E-state index in [1.807, 2.05) is 0 Å². The highest BCUT2D eigenvalue weighted by Crippen LogP contribution is 2.31. The maximum absolute atomic E-state index is 12.9. The molecule has 0 aromatic carbocycles. The molecule has 0 aromatic rings.